The Morgan fingerprint density at radius 1 is 1.64 bits per heavy atom. The standard InChI is InChI=1S/C10H16N2O2/c1-7(2)9(11)10(13)12-5-8-3-4-14-6-8/h3-4,6-7,9H,5,11H2,1-2H3,(H,12,13). The van der Waals surface area contributed by atoms with Gasteiger partial charge in [-0.2, -0.15) is 0 Å². The molecule has 1 atom stereocenters. The Balaban J connectivity index is 2.35. The molecule has 0 spiro atoms. The van der Waals surface area contributed by atoms with Gasteiger partial charge in [-0.15, -0.1) is 0 Å². The Hall–Kier alpha value is -1.29. The number of nitrogens with one attached hydrogen (secondary N) is 1. The van der Waals surface area contributed by atoms with E-state index in [9.17, 15) is 4.79 Å². The minimum absolute atomic E-state index is 0.124. The maximum Gasteiger partial charge on any atom is 0.237 e. The zero-order valence-electron chi connectivity index (χ0n) is 8.49. The van der Waals surface area contributed by atoms with Crippen LogP contribution in [0.25, 0.3) is 0 Å². The summed E-state index contributed by atoms with van der Waals surface area (Å²) in [5.74, 6) is 0.0283. The highest BCUT2D eigenvalue weighted by Crippen LogP contribution is 2.01. The summed E-state index contributed by atoms with van der Waals surface area (Å²) >= 11 is 0. The highest BCUT2D eigenvalue weighted by atomic mass is 16.3. The van der Waals surface area contributed by atoms with Gasteiger partial charge in [0.15, 0.2) is 0 Å². The third kappa shape index (κ3) is 2.88. The van der Waals surface area contributed by atoms with E-state index in [4.69, 9.17) is 10.2 Å². The summed E-state index contributed by atoms with van der Waals surface area (Å²) in [4.78, 5) is 11.4. The van der Waals surface area contributed by atoms with Gasteiger partial charge in [0.2, 0.25) is 5.91 Å². The molecule has 1 heterocycles. The Bertz CT molecular complexity index is 280. The SMILES string of the molecule is CC(C)C(N)C(=O)NCc1ccoc1. The number of carbonyl (C=O) groups excluding carboxylic acids is 1. The topological polar surface area (TPSA) is 68.3 Å². The first-order valence-corrected chi connectivity index (χ1v) is 4.65. The van der Waals surface area contributed by atoms with E-state index in [2.05, 4.69) is 5.32 Å². The van der Waals surface area contributed by atoms with Gasteiger partial charge in [0, 0.05) is 12.1 Å². The molecule has 4 heteroatoms. The van der Waals surface area contributed by atoms with Crippen molar-refractivity contribution in [3.8, 4) is 0 Å². The van der Waals surface area contributed by atoms with Gasteiger partial charge >= 0.3 is 0 Å². The first-order chi connectivity index (χ1) is 6.61. The van der Waals surface area contributed by atoms with E-state index < -0.39 is 6.04 Å². The predicted octanol–water partition coefficient (Wildman–Crippen LogP) is 0.879. The molecular weight excluding hydrogens is 180 g/mol. The van der Waals surface area contributed by atoms with Crippen LogP contribution in [0.1, 0.15) is 19.4 Å². The summed E-state index contributed by atoms with van der Waals surface area (Å²) in [5, 5.41) is 2.74. The highest BCUT2D eigenvalue weighted by molar-refractivity contribution is 5.81. The van der Waals surface area contributed by atoms with Crippen molar-refractivity contribution in [2.45, 2.75) is 26.4 Å². The van der Waals surface area contributed by atoms with Crippen LogP contribution in [0.5, 0.6) is 0 Å². The van der Waals surface area contributed by atoms with Crippen molar-refractivity contribution in [2.75, 3.05) is 0 Å². The normalized spacial score (nSPS) is 12.9. The first-order valence-electron chi connectivity index (χ1n) is 4.65. The van der Waals surface area contributed by atoms with Gasteiger partial charge in [0.25, 0.3) is 0 Å². The van der Waals surface area contributed by atoms with Gasteiger partial charge in [-0.1, -0.05) is 13.8 Å². The van der Waals surface area contributed by atoms with E-state index in [0.717, 1.165) is 5.56 Å². The van der Waals surface area contributed by atoms with Crippen LogP contribution in [0, 0.1) is 5.92 Å². The van der Waals surface area contributed by atoms with Gasteiger partial charge in [-0.25, -0.2) is 0 Å². The third-order valence-electron chi connectivity index (χ3n) is 2.07. The van der Waals surface area contributed by atoms with Crippen molar-refractivity contribution in [3.63, 3.8) is 0 Å². The lowest BCUT2D eigenvalue weighted by Crippen LogP contribution is -2.43. The van der Waals surface area contributed by atoms with E-state index >= 15 is 0 Å². The Morgan fingerprint density at radius 3 is 2.86 bits per heavy atom. The lowest BCUT2D eigenvalue weighted by Gasteiger charge is -2.14. The third-order valence-corrected chi connectivity index (χ3v) is 2.07. The van der Waals surface area contributed by atoms with Gasteiger partial charge < -0.3 is 15.5 Å². The Morgan fingerprint density at radius 2 is 2.36 bits per heavy atom. The molecule has 0 saturated heterocycles. The first kappa shape index (κ1) is 10.8. The van der Waals surface area contributed by atoms with Crippen molar-refractivity contribution in [1.29, 1.82) is 0 Å². The second-order valence-corrected chi connectivity index (χ2v) is 3.62. The lowest BCUT2D eigenvalue weighted by atomic mass is 10.1. The second kappa shape index (κ2) is 4.81. The average molecular weight is 196 g/mol. The molecule has 1 unspecified atom stereocenters. The molecule has 1 aromatic rings. The zero-order valence-corrected chi connectivity index (χ0v) is 8.49. The van der Waals surface area contributed by atoms with Crippen LogP contribution in [-0.2, 0) is 11.3 Å². The lowest BCUT2D eigenvalue weighted by molar-refractivity contribution is -0.123. The molecular formula is C10H16N2O2. The Kier molecular flexibility index (Phi) is 3.71. The van der Waals surface area contributed by atoms with Crippen LogP contribution in [0.4, 0.5) is 0 Å². The summed E-state index contributed by atoms with van der Waals surface area (Å²) in [6.45, 7) is 4.31. The van der Waals surface area contributed by atoms with Crippen molar-refractivity contribution < 1.29 is 9.21 Å². The Labute approximate surface area is 83.5 Å². The average Bonchev–Trinajstić information content (AvgIpc) is 2.65. The monoisotopic (exact) mass is 196 g/mol. The predicted molar refractivity (Wildman–Crippen MR) is 53.4 cm³/mol. The van der Waals surface area contributed by atoms with Crippen LogP contribution < -0.4 is 11.1 Å². The summed E-state index contributed by atoms with van der Waals surface area (Å²) in [6.07, 6.45) is 3.17. The fraction of sp³-hybridized carbons (Fsp3) is 0.500. The largest absolute Gasteiger partial charge is 0.472 e. The molecule has 0 saturated carbocycles. The summed E-state index contributed by atoms with van der Waals surface area (Å²) < 4.78 is 4.87. The molecule has 0 aliphatic rings. The summed E-state index contributed by atoms with van der Waals surface area (Å²) in [5.41, 5.74) is 6.60. The summed E-state index contributed by atoms with van der Waals surface area (Å²) in [6, 6.07) is 1.36. The van der Waals surface area contributed by atoms with Crippen LogP contribution in [-0.4, -0.2) is 11.9 Å². The maximum atomic E-state index is 11.4. The van der Waals surface area contributed by atoms with Crippen molar-refractivity contribution >= 4 is 5.91 Å². The van der Waals surface area contributed by atoms with E-state index in [1.807, 2.05) is 13.8 Å². The number of rotatable bonds is 4. The van der Waals surface area contributed by atoms with Gasteiger partial charge in [0.05, 0.1) is 18.6 Å². The molecule has 78 valence electrons. The number of hydrogen-bond acceptors (Lipinski definition) is 3. The minimum atomic E-state index is -0.443. The number of hydrogen-bond donors (Lipinski definition) is 2. The zero-order chi connectivity index (χ0) is 10.6. The van der Waals surface area contributed by atoms with Crippen LogP contribution >= 0.6 is 0 Å². The highest BCUT2D eigenvalue weighted by Gasteiger charge is 2.16. The molecule has 0 aliphatic carbocycles. The number of nitrogens with two attached hydrogens (primary N) is 1. The fourth-order valence-electron chi connectivity index (χ4n) is 1.00. The fourth-order valence-corrected chi connectivity index (χ4v) is 1.00. The molecule has 1 amide bonds. The smallest absolute Gasteiger partial charge is 0.237 e. The second-order valence-electron chi connectivity index (χ2n) is 3.62. The van der Waals surface area contributed by atoms with Crippen molar-refractivity contribution in [1.82, 2.24) is 5.32 Å². The molecule has 0 radical (unpaired) electrons. The van der Waals surface area contributed by atoms with Crippen molar-refractivity contribution in [3.05, 3.63) is 24.2 Å². The van der Waals surface area contributed by atoms with Crippen molar-refractivity contribution in [2.24, 2.45) is 11.7 Å². The van der Waals surface area contributed by atoms with E-state index in [-0.39, 0.29) is 11.8 Å². The van der Waals surface area contributed by atoms with Crippen LogP contribution in [0.15, 0.2) is 23.0 Å². The molecule has 0 fully saturated rings. The minimum Gasteiger partial charge on any atom is -0.472 e. The number of furan rings is 1. The molecule has 1 rings (SSSR count). The summed E-state index contributed by atoms with van der Waals surface area (Å²) in [7, 11) is 0. The number of carbonyl (C=O) groups is 1. The van der Waals surface area contributed by atoms with Gasteiger partial charge in [-0.05, 0) is 12.0 Å². The maximum absolute atomic E-state index is 11.4. The van der Waals surface area contributed by atoms with Crippen LogP contribution in [0.3, 0.4) is 0 Å². The molecule has 14 heavy (non-hydrogen) atoms. The van der Waals surface area contributed by atoms with E-state index in [1.165, 1.54) is 0 Å². The van der Waals surface area contributed by atoms with E-state index in [1.54, 1.807) is 18.6 Å². The van der Waals surface area contributed by atoms with E-state index in [0.29, 0.717) is 6.54 Å². The molecule has 3 N–H and O–H groups in total. The molecule has 1 aromatic heterocycles. The molecule has 4 nitrogen and oxygen atoms in total. The quantitative estimate of drug-likeness (QED) is 0.751. The molecule has 0 aliphatic heterocycles. The molecule has 0 bridgehead atoms. The van der Waals surface area contributed by atoms with Gasteiger partial charge in [0.1, 0.15) is 0 Å². The van der Waals surface area contributed by atoms with Gasteiger partial charge in [-0.3, -0.25) is 4.79 Å². The molecule has 0 aromatic carbocycles. The van der Waals surface area contributed by atoms with Crippen LogP contribution in [0.2, 0.25) is 0 Å². The number of amides is 1.